The summed E-state index contributed by atoms with van der Waals surface area (Å²) in [5.41, 5.74) is 0.00353. The number of Topliss-reactive ketones (excluding diaryl/α,β-unsaturated/α-hetero) is 1. The third-order valence-electron chi connectivity index (χ3n) is 3.49. The summed E-state index contributed by atoms with van der Waals surface area (Å²) in [5, 5.41) is 12.6. The molecular formula is C20H29NO7. The lowest BCUT2D eigenvalue weighted by Gasteiger charge is -2.20. The molecule has 1 aromatic carbocycles. The molecule has 0 saturated carbocycles. The lowest BCUT2D eigenvalue weighted by atomic mass is 9.97. The van der Waals surface area contributed by atoms with E-state index in [1.54, 1.807) is 27.7 Å². The van der Waals surface area contributed by atoms with Gasteiger partial charge in [0, 0.05) is 6.07 Å². The van der Waals surface area contributed by atoms with Gasteiger partial charge in [-0.05, 0) is 45.2 Å². The van der Waals surface area contributed by atoms with Gasteiger partial charge in [0.15, 0.2) is 12.4 Å². The van der Waals surface area contributed by atoms with Crippen molar-refractivity contribution in [3.8, 4) is 11.5 Å². The Morgan fingerprint density at radius 1 is 1.18 bits per heavy atom. The van der Waals surface area contributed by atoms with Gasteiger partial charge in [-0.3, -0.25) is 4.79 Å². The summed E-state index contributed by atoms with van der Waals surface area (Å²) >= 11 is 0. The molecular weight excluding hydrogens is 366 g/mol. The number of carbonyl (C=O) groups excluding carboxylic acids is 3. The number of hydrogen-bond acceptors (Lipinski definition) is 7. The van der Waals surface area contributed by atoms with Gasteiger partial charge in [-0.2, -0.15) is 0 Å². The van der Waals surface area contributed by atoms with Crippen LogP contribution in [0.15, 0.2) is 12.1 Å². The van der Waals surface area contributed by atoms with Crippen LogP contribution in [0.25, 0.3) is 0 Å². The number of hydrogen-bond donors (Lipinski definition) is 2. The molecule has 156 valence electrons. The van der Waals surface area contributed by atoms with Crippen molar-refractivity contribution >= 4 is 17.8 Å². The predicted octanol–water partition coefficient (Wildman–Crippen LogP) is 3.16. The highest BCUT2D eigenvalue weighted by Crippen LogP contribution is 2.33. The molecule has 0 aliphatic carbocycles. The van der Waals surface area contributed by atoms with Gasteiger partial charge >= 0.3 is 12.1 Å². The van der Waals surface area contributed by atoms with Crippen molar-refractivity contribution in [1.29, 1.82) is 0 Å². The normalized spacial score (nSPS) is 11.1. The quantitative estimate of drug-likeness (QED) is 0.514. The number of amides is 1. The van der Waals surface area contributed by atoms with E-state index in [2.05, 4.69) is 5.32 Å². The van der Waals surface area contributed by atoms with E-state index < -0.39 is 23.4 Å². The number of ether oxygens (including phenoxy) is 3. The molecule has 0 radical (unpaired) electrons. The smallest absolute Gasteiger partial charge is 0.408 e. The van der Waals surface area contributed by atoms with Crippen LogP contribution in [0, 0.1) is 0 Å². The van der Waals surface area contributed by atoms with Crippen molar-refractivity contribution in [1.82, 2.24) is 5.32 Å². The van der Waals surface area contributed by atoms with E-state index in [9.17, 15) is 19.5 Å². The zero-order chi connectivity index (χ0) is 21.5. The van der Waals surface area contributed by atoms with Gasteiger partial charge in [-0.15, -0.1) is 0 Å². The highest BCUT2D eigenvalue weighted by atomic mass is 16.6. The maximum absolute atomic E-state index is 12.4. The third kappa shape index (κ3) is 7.46. The molecule has 8 heteroatoms. The molecule has 0 aliphatic rings. The fraction of sp³-hybridized carbons (Fsp3) is 0.550. The Hall–Kier alpha value is -2.77. The third-order valence-corrected chi connectivity index (χ3v) is 3.49. The summed E-state index contributed by atoms with van der Waals surface area (Å²) in [4.78, 5) is 35.6. The van der Waals surface area contributed by atoms with Crippen LogP contribution in [0.2, 0.25) is 0 Å². The Labute approximate surface area is 165 Å². The molecule has 0 bridgehead atoms. The van der Waals surface area contributed by atoms with Crippen molar-refractivity contribution in [2.75, 3.05) is 19.8 Å². The SMILES string of the molecule is CCOC(=O)COc1cc(O)c(C(=O)CNC(=O)OC(C)(C)C)cc1C(C)C. The van der Waals surface area contributed by atoms with Gasteiger partial charge in [-0.1, -0.05) is 13.8 Å². The fourth-order valence-electron chi connectivity index (χ4n) is 2.29. The lowest BCUT2D eigenvalue weighted by Crippen LogP contribution is -2.35. The largest absolute Gasteiger partial charge is 0.507 e. The summed E-state index contributed by atoms with van der Waals surface area (Å²) in [6, 6.07) is 2.79. The number of phenolic OH excluding ortho intramolecular Hbond substituents is 1. The molecule has 0 atom stereocenters. The number of esters is 1. The first-order chi connectivity index (χ1) is 12.9. The second-order valence-corrected chi connectivity index (χ2v) is 7.43. The number of ketones is 1. The number of phenols is 1. The van der Waals surface area contributed by atoms with E-state index in [0.29, 0.717) is 5.56 Å². The first kappa shape index (κ1) is 23.3. The molecule has 0 unspecified atom stereocenters. The van der Waals surface area contributed by atoms with E-state index >= 15 is 0 Å². The average molecular weight is 395 g/mol. The molecule has 0 heterocycles. The molecule has 8 nitrogen and oxygen atoms in total. The van der Waals surface area contributed by atoms with Crippen molar-refractivity contribution < 1.29 is 33.7 Å². The highest BCUT2D eigenvalue weighted by Gasteiger charge is 2.21. The summed E-state index contributed by atoms with van der Waals surface area (Å²) < 4.78 is 15.3. The molecule has 0 fully saturated rings. The lowest BCUT2D eigenvalue weighted by molar-refractivity contribution is -0.145. The molecule has 1 aromatic rings. The minimum absolute atomic E-state index is 0.0387. The van der Waals surface area contributed by atoms with E-state index in [-0.39, 0.29) is 42.7 Å². The summed E-state index contributed by atoms with van der Waals surface area (Å²) in [5.74, 6) is -1.07. The second-order valence-electron chi connectivity index (χ2n) is 7.43. The molecule has 0 aromatic heterocycles. The van der Waals surface area contributed by atoms with Crippen LogP contribution < -0.4 is 10.1 Å². The zero-order valence-corrected chi connectivity index (χ0v) is 17.3. The molecule has 2 N–H and O–H groups in total. The maximum Gasteiger partial charge on any atom is 0.408 e. The van der Waals surface area contributed by atoms with E-state index in [1.807, 2.05) is 13.8 Å². The van der Waals surface area contributed by atoms with E-state index in [0.717, 1.165) is 0 Å². The first-order valence-corrected chi connectivity index (χ1v) is 9.10. The molecule has 1 rings (SSSR count). The van der Waals surface area contributed by atoms with Gasteiger partial charge in [0.25, 0.3) is 0 Å². The number of carbonyl (C=O) groups is 3. The minimum Gasteiger partial charge on any atom is -0.507 e. The average Bonchev–Trinajstić information content (AvgIpc) is 2.56. The number of alkyl carbamates (subject to hydrolysis) is 1. The van der Waals surface area contributed by atoms with Crippen LogP contribution in [0.1, 0.15) is 63.4 Å². The van der Waals surface area contributed by atoms with Gasteiger partial charge in [0.1, 0.15) is 17.1 Å². The van der Waals surface area contributed by atoms with Crippen LogP contribution >= 0.6 is 0 Å². The molecule has 0 aliphatic heterocycles. The molecule has 0 spiro atoms. The first-order valence-electron chi connectivity index (χ1n) is 9.10. The van der Waals surface area contributed by atoms with Crippen molar-refractivity contribution in [2.24, 2.45) is 0 Å². The fourth-order valence-corrected chi connectivity index (χ4v) is 2.29. The number of aromatic hydroxyl groups is 1. The Morgan fingerprint density at radius 3 is 2.36 bits per heavy atom. The van der Waals surface area contributed by atoms with Gasteiger partial charge in [0.05, 0.1) is 18.7 Å². The minimum atomic E-state index is -0.723. The van der Waals surface area contributed by atoms with Gasteiger partial charge < -0.3 is 24.6 Å². The topological polar surface area (TPSA) is 111 Å². The standard InChI is InChI=1S/C20H29NO7/c1-7-26-18(24)11-27-17-9-15(22)14(8-13(17)12(2)3)16(23)10-21-19(25)28-20(4,5)6/h8-9,12,22H,7,10-11H2,1-6H3,(H,21,25). The monoisotopic (exact) mass is 395 g/mol. The van der Waals surface area contributed by atoms with Crippen LogP contribution in [0.5, 0.6) is 11.5 Å². The number of nitrogens with one attached hydrogen (secondary N) is 1. The van der Waals surface area contributed by atoms with Crippen molar-refractivity contribution in [3.05, 3.63) is 23.3 Å². The molecule has 0 saturated heterocycles. The van der Waals surface area contributed by atoms with Crippen LogP contribution in [-0.4, -0.2) is 48.3 Å². The Bertz CT molecular complexity index is 720. The summed E-state index contributed by atoms with van der Waals surface area (Å²) in [7, 11) is 0. The Kier molecular flexibility index (Phi) is 8.28. The Balaban J connectivity index is 2.92. The van der Waals surface area contributed by atoms with E-state index in [4.69, 9.17) is 14.2 Å². The number of rotatable bonds is 8. The predicted molar refractivity (Wildman–Crippen MR) is 103 cm³/mol. The highest BCUT2D eigenvalue weighted by molar-refractivity contribution is 6.01. The van der Waals surface area contributed by atoms with Gasteiger partial charge in [-0.25, -0.2) is 9.59 Å². The molecule has 28 heavy (non-hydrogen) atoms. The Morgan fingerprint density at radius 2 is 1.82 bits per heavy atom. The van der Waals surface area contributed by atoms with Crippen LogP contribution in [-0.2, 0) is 14.3 Å². The maximum atomic E-state index is 12.4. The van der Waals surface area contributed by atoms with Crippen molar-refractivity contribution in [3.63, 3.8) is 0 Å². The molecule has 1 amide bonds. The van der Waals surface area contributed by atoms with Gasteiger partial charge in [0.2, 0.25) is 0 Å². The number of benzene rings is 1. The summed E-state index contributed by atoms with van der Waals surface area (Å²) in [6.07, 6.45) is -0.723. The van der Waals surface area contributed by atoms with E-state index in [1.165, 1.54) is 12.1 Å². The zero-order valence-electron chi connectivity index (χ0n) is 17.3. The van der Waals surface area contributed by atoms with Crippen LogP contribution in [0.4, 0.5) is 4.79 Å². The van der Waals surface area contributed by atoms with Crippen LogP contribution in [0.3, 0.4) is 0 Å². The summed E-state index contributed by atoms with van der Waals surface area (Å²) in [6.45, 7) is 10.2. The van der Waals surface area contributed by atoms with Crippen molar-refractivity contribution in [2.45, 2.75) is 53.1 Å². The second kappa shape index (κ2) is 9.96.